The molecule has 2 aromatic carbocycles. The van der Waals surface area contributed by atoms with Crippen LogP contribution in [0.5, 0.6) is 0 Å². The molecule has 1 aliphatic rings. The highest BCUT2D eigenvalue weighted by atomic mass is 79.9. The number of anilines is 1. The Morgan fingerprint density at radius 3 is 2.74 bits per heavy atom. The summed E-state index contributed by atoms with van der Waals surface area (Å²) >= 11 is 3.36. The molecule has 19 heavy (non-hydrogen) atoms. The number of hydrogen-bond acceptors (Lipinski definition) is 1. The molecule has 98 valence electrons. The van der Waals surface area contributed by atoms with Gasteiger partial charge < -0.3 is 5.32 Å². The third kappa shape index (κ3) is 2.98. The molecule has 1 saturated carbocycles. The quantitative estimate of drug-likeness (QED) is 0.828. The molecule has 0 amide bonds. The third-order valence-corrected chi connectivity index (χ3v) is 3.96. The van der Waals surface area contributed by atoms with Gasteiger partial charge >= 0.3 is 0 Å². The number of nitrogens with one attached hydrogen (secondary N) is 1. The van der Waals surface area contributed by atoms with Crippen molar-refractivity contribution in [3.8, 4) is 0 Å². The van der Waals surface area contributed by atoms with E-state index >= 15 is 0 Å². The van der Waals surface area contributed by atoms with Crippen LogP contribution in [-0.2, 0) is 6.54 Å². The van der Waals surface area contributed by atoms with Gasteiger partial charge in [-0.1, -0.05) is 40.2 Å². The third-order valence-electron chi connectivity index (χ3n) is 3.47. The fraction of sp³-hybridized carbons (Fsp3) is 0.250. The minimum Gasteiger partial charge on any atom is -0.379 e. The molecular weight excluding hydrogens is 305 g/mol. The van der Waals surface area contributed by atoms with Crippen molar-refractivity contribution in [2.24, 2.45) is 0 Å². The van der Waals surface area contributed by atoms with Crippen molar-refractivity contribution in [3.63, 3.8) is 0 Å². The molecule has 0 spiro atoms. The number of hydrogen-bond donors (Lipinski definition) is 1. The Bertz CT molecular complexity index is 593. The molecule has 1 N–H and O–H groups in total. The molecule has 3 heteroatoms. The van der Waals surface area contributed by atoms with Gasteiger partial charge in [-0.3, -0.25) is 0 Å². The van der Waals surface area contributed by atoms with E-state index in [-0.39, 0.29) is 5.82 Å². The van der Waals surface area contributed by atoms with Gasteiger partial charge in [0.2, 0.25) is 0 Å². The predicted molar refractivity (Wildman–Crippen MR) is 79.8 cm³/mol. The molecule has 0 heterocycles. The van der Waals surface area contributed by atoms with Gasteiger partial charge in [-0.25, -0.2) is 4.39 Å². The molecule has 0 aromatic heterocycles. The predicted octanol–water partition coefficient (Wildman–Crippen LogP) is 5.08. The first-order chi connectivity index (χ1) is 9.24. The lowest BCUT2D eigenvalue weighted by atomic mass is 10.0. The van der Waals surface area contributed by atoms with Crippen molar-refractivity contribution < 1.29 is 4.39 Å². The molecule has 1 fully saturated rings. The van der Waals surface area contributed by atoms with E-state index in [9.17, 15) is 4.39 Å². The van der Waals surface area contributed by atoms with Gasteiger partial charge in [-0.15, -0.1) is 0 Å². The number of rotatable bonds is 4. The Labute approximate surface area is 121 Å². The molecule has 1 nitrogen and oxygen atoms in total. The zero-order valence-corrected chi connectivity index (χ0v) is 12.1. The Morgan fingerprint density at radius 2 is 1.95 bits per heavy atom. The average molecular weight is 320 g/mol. The molecule has 0 saturated heterocycles. The summed E-state index contributed by atoms with van der Waals surface area (Å²) in [6.45, 7) is 0.667. The Morgan fingerprint density at radius 1 is 1.16 bits per heavy atom. The van der Waals surface area contributed by atoms with Crippen LogP contribution in [0.2, 0.25) is 0 Å². The highest BCUT2D eigenvalue weighted by molar-refractivity contribution is 9.10. The Balaban J connectivity index is 1.77. The minimum atomic E-state index is -0.216. The molecule has 0 radical (unpaired) electrons. The summed E-state index contributed by atoms with van der Waals surface area (Å²) < 4.78 is 14.5. The molecule has 1 aliphatic carbocycles. The summed E-state index contributed by atoms with van der Waals surface area (Å²) in [4.78, 5) is 0. The second-order valence-corrected chi connectivity index (χ2v) is 5.87. The molecule has 0 aliphatic heterocycles. The van der Waals surface area contributed by atoms with Crippen LogP contribution in [0.3, 0.4) is 0 Å². The summed E-state index contributed by atoms with van der Waals surface area (Å²) in [7, 11) is 0. The van der Waals surface area contributed by atoms with Crippen LogP contribution >= 0.6 is 15.9 Å². The van der Waals surface area contributed by atoms with Crippen molar-refractivity contribution in [2.75, 3.05) is 5.32 Å². The van der Waals surface area contributed by atoms with E-state index in [1.807, 2.05) is 6.07 Å². The van der Waals surface area contributed by atoms with E-state index in [0.717, 1.165) is 4.47 Å². The normalized spacial score (nSPS) is 14.4. The smallest absolute Gasteiger partial charge is 0.146 e. The SMILES string of the molecule is Fc1ccc(Br)cc1NCc1ccccc1C1CC1. The lowest BCUT2D eigenvalue weighted by Crippen LogP contribution is -2.04. The van der Waals surface area contributed by atoms with E-state index in [1.54, 1.807) is 12.1 Å². The van der Waals surface area contributed by atoms with E-state index in [0.29, 0.717) is 18.2 Å². The van der Waals surface area contributed by atoms with Crippen LogP contribution in [0.4, 0.5) is 10.1 Å². The van der Waals surface area contributed by atoms with E-state index < -0.39 is 0 Å². The minimum absolute atomic E-state index is 0.216. The summed E-state index contributed by atoms with van der Waals surface area (Å²) in [5.41, 5.74) is 3.22. The highest BCUT2D eigenvalue weighted by Crippen LogP contribution is 2.41. The Hall–Kier alpha value is -1.35. The summed E-state index contributed by atoms with van der Waals surface area (Å²) in [5, 5.41) is 3.19. The van der Waals surface area contributed by atoms with Gasteiger partial charge in [-0.05, 0) is 48.1 Å². The van der Waals surface area contributed by atoms with Crippen molar-refractivity contribution in [1.29, 1.82) is 0 Å². The van der Waals surface area contributed by atoms with Gasteiger partial charge in [0, 0.05) is 11.0 Å². The highest BCUT2D eigenvalue weighted by Gasteiger charge is 2.25. The molecular formula is C16H15BrFN. The lowest BCUT2D eigenvalue weighted by Gasteiger charge is -2.11. The molecule has 2 aromatic rings. The largest absolute Gasteiger partial charge is 0.379 e. The van der Waals surface area contributed by atoms with Crippen LogP contribution in [0.15, 0.2) is 46.9 Å². The van der Waals surface area contributed by atoms with Gasteiger partial charge in [-0.2, -0.15) is 0 Å². The second kappa shape index (κ2) is 5.33. The number of halogens is 2. The monoisotopic (exact) mass is 319 g/mol. The maximum atomic E-state index is 13.7. The summed E-state index contributed by atoms with van der Waals surface area (Å²) in [6, 6.07) is 13.4. The van der Waals surface area contributed by atoms with Crippen molar-refractivity contribution in [1.82, 2.24) is 0 Å². The lowest BCUT2D eigenvalue weighted by molar-refractivity contribution is 0.630. The Kier molecular flexibility index (Phi) is 3.56. The summed E-state index contributed by atoms with van der Waals surface area (Å²) in [5.74, 6) is 0.498. The molecule has 3 rings (SSSR count). The van der Waals surface area contributed by atoms with Gasteiger partial charge in [0.15, 0.2) is 0 Å². The second-order valence-electron chi connectivity index (χ2n) is 4.95. The van der Waals surface area contributed by atoms with Crippen molar-refractivity contribution in [3.05, 3.63) is 63.9 Å². The van der Waals surface area contributed by atoms with E-state index in [2.05, 4.69) is 39.4 Å². The van der Waals surface area contributed by atoms with Gasteiger partial charge in [0.05, 0.1) is 5.69 Å². The zero-order valence-electron chi connectivity index (χ0n) is 10.5. The van der Waals surface area contributed by atoms with Crippen molar-refractivity contribution in [2.45, 2.75) is 25.3 Å². The van der Waals surface area contributed by atoms with Crippen LogP contribution in [0.1, 0.15) is 29.9 Å². The number of benzene rings is 2. The maximum Gasteiger partial charge on any atom is 0.146 e. The van der Waals surface area contributed by atoms with Gasteiger partial charge in [0.1, 0.15) is 5.82 Å². The van der Waals surface area contributed by atoms with E-state index in [4.69, 9.17) is 0 Å². The molecule has 0 bridgehead atoms. The van der Waals surface area contributed by atoms with Crippen LogP contribution in [0, 0.1) is 5.82 Å². The zero-order chi connectivity index (χ0) is 13.2. The standard InChI is InChI=1S/C16H15BrFN/c17-13-7-8-15(18)16(9-13)19-10-12-3-1-2-4-14(12)11-5-6-11/h1-4,7-9,11,19H,5-6,10H2. The van der Waals surface area contributed by atoms with Crippen LogP contribution < -0.4 is 5.32 Å². The van der Waals surface area contributed by atoms with Gasteiger partial charge in [0.25, 0.3) is 0 Å². The first kappa shape index (κ1) is 12.7. The molecule has 0 unspecified atom stereocenters. The van der Waals surface area contributed by atoms with Crippen LogP contribution in [-0.4, -0.2) is 0 Å². The topological polar surface area (TPSA) is 12.0 Å². The summed E-state index contributed by atoms with van der Waals surface area (Å²) in [6.07, 6.45) is 2.56. The first-order valence-electron chi connectivity index (χ1n) is 6.51. The van der Waals surface area contributed by atoms with Crippen LogP contribution in [0.25, 0.3) is 0 Å². The van der Waals surface area contributed by atoms with Crippen molar-refractivity contribution >= 4 is 21.6 Å². The average Bonchev–Trinajstić information content (AvgIpc) is 3.25. The fourth-order valence-electron chi connectivity index (χ4n) is 2.31. The van der Waals surface area contributed by atoms with E-state index in [1.165, 1.54) is 30.0 Å². The first-order valence-corrected chi connectivity index (χ1v) is 7.30. The fourth-order valence-corrected chi connectivity index (χ4v) is 2.67. The maximum absolute atomic E-state index is 13.7. The molecule has 0 atom stereocenters.